The largest absolute Gasteiger partial charge is 0.342 e. The fraction of sp³-hybridized carbons (Fsp3) is 0.857. The molecule has 1 amide bonds. The molecule has 0 aliphatic heterocycles. The average Bonchev–Trinajstić information content (AvgIpc) is 2.23. The van der Waals surface area contributed by atoms with E-state index in [1.165, 1.54) is 0 Å². The summed E-state index contributed by atoms with van der Waals surface area (Å²) in [5.74, 6) is 0.419. The topological polar surface area (TPSA) is 44.1 Å². The highest BCUT2D eigenvalue weighted by molar-refractivity contribution is 5.76. The third-order valence-electron chi connectivity index (χ3n) is 3.41. The second kappa shape index (κ2) is 6.64. The minimum absolute atomic E-state index is 0.0937. The van der Waals surface area contributed by atoms with Gasteiger partial charge in [-0.25, -0.2) is 0 Å². The second-order valence-electron chi connectivity index (χ2n) is 5.93. The summed E-state index contributed by atoms with van der Waals surface area (Å²) in [7, 11) is 0. The quantitative estimate of drug-likeness (QED) is 0.739. The van der Waals surface area contributed by atoms with E-state index in [0.717, 1.165) is 0 Å². The van der Waals surface area contributed by atoms with Crippen LogP contribution in [0.25, 0.3) is 0 Å². The van der Waals surface area contributed by atoms with Crippen molar-refractivity contribution in [1.29, 1.82) is 5.26 Å². The number of nitriles is 1. The molecule has 0 aromatic carbocycles. The molecular weight excluding hydrogens is 212 g/mol. The molecule has 0 aromatic heterocycles. The first-order chi connectivity index (χ1) is 7.72. The molecule has 0 aliphatic rings. The molecule has 0 saturated carbocycles. The maximum Gasteiger partial charge on any atom is 0.222 e. The van der Waals surface area contributed by atoms with Crippen LogP contribution >= 0.6 is 0 Å². The zero-order valence-corrected chi connectivity index (χ0v) is 12.1. The zero-order chi connectivity index (χ0) is 13.6. The molecular formula is C14H26N2O. The Kier molecular flexibility index (Phi) is 6.23. The van der Waals surface area contributed by atoms with Crippen molar-refractivity contribution < 1.29 is 4.79 Å². The van der Waals surface area contributed by atoms with Gasteiger partial charge >= 0.3 is 0 Å². The highest BCUT2D eigenvalue weighted by Crippen LogP contribution is 2.28. The van der Waals surface area contributed by atoms with Crippen molar-refractivity contribution in [1.82, 2.24) is 4.90 Å². The van der Waals surface area contributed by atoms with Crippen molar-refractivity contribution in [2.75, 3.05) is 13.1 Å². The Balaban J connectivity index is 4.42. The molecule has 2 unspecified atom stereocenters. The van der Waals surface area contributed by atoms with Crippen molar-refractivity contribution in [3.63, 3.8) is 0 Å². The van der Waals surface area contributed by atoms with Crippen LogP contribution in [-0.4, -0.2) is 23.9 Å². The summed E-state index contributed by atoms with van der Waals surface area (Å²) in [6.07, 6.45) is 0.565. The fourth-order valence-corrected chi connectivity index (χ4v) is 1.48. The number of rotatable bonds is 5. The molecule has 0 aromatic rings. The molecule has 0 saturated heterocycles. The number of carbonyl (C=O) groups excluding carboxylic acids is 1. The van der Waals surface area contributed by atoms with Crippen LogP contribution in [0.2, 0.25) is 0 Å². The van der Waals surface area contributed by atoms with E-state index in [-0.39, 0.29) is 17.2 Å². The SMILES string of the molecule is CCN(CC(C)C#N)C(=O)CC(C)C(C)(C)C. The van der Waals surface area contributed by atoms with Gasteiger partial charge in [-0.1, -0.05) is 27.7 Å². The summed E-state index contributed by atoms with van der Waals surface area (Å²) >= 11 is 0. The minimum Gasteiger partial charge on any atom is -0.342 e. The van der Waals surface area contributed by atoms with Gasteiger partial charge in [0.25, 0.3) is 0 Å². The number of hydrogen-bond donors (Lipinski definition) is 0. The van der Waals surface area contributed by atoms with Gasteiger partial charge in [0.15, 0.2) is 0 Å². The first-order valence-corrected chi connectivity index (χ1v) is 6.39. The minimum atomic E-state index is -0.0937. The van der Waals surface area contributed by atoms with Crippen molar-refractivity contribution in [2.45, 2.75) is 48.0 Å². The van der Waals surface area contributed by atoms with Crippen LogP contribution in [-0.2, 0) is 4.79 Å². The van der Waals surface area contributed by atoms with E-state index in [0.29, 0.717) is 25.4 Å². The maximum atomic E-state index is 12.1. The number of amides is 1. The smallest absolute Gasteiger partial charge is 0.222 e. The van der Waals surface area contributed by atoms with Crippen molar-refractivity contribution in [3.8, 4) is 6.07 Å². The molecule has 0 spiro atoms. The van der Waals surface area contributed by atoms with Crippen molar-refractivity contribution in [2.24, 2.45) is 17.3 Å². The van der Waals surface area contributed by atoms with Crippen LogP contribution in [0, 0.1) is 28.6 Å². The summed E-state index contributed by atoms with van der Waals surface area (Å²) in [5, 5.41) is 8.78. The van der Waals surface area contributed by atoms with Gasteiger partial charge in [-0.3, -0.25) is 4.79 Å². The molecule has 0 aliphatic carbocycles. The zero-order valence-electron chi connectivity index (χ0n) is 12.1. The van der Waals surface area contributed by atoms with Gasteiger partial charge in [0.1, 0.15) is 0 Å². The Morgan fingerprint density at radius 2 is 1.88 bits per heavy atom. The predicted molar refractivity (Wildman–Crippen MR) is 70.3 cm³/mol. The van der Waals surface area contributed by atoms with Gasteiger partial charge in [-0.2, -0.15) is 5.26 Å². The molecule has 0 fully saturated rings. The van der Waals surface area contributed by atoms with Crippen LogP contribution in [0.3, 0.4) is 0 Å². The van der Waals surface area contributed by atoms with E-state index in [2.05, 4.69) is 33.8 Å². The number of hydrogen-bond acceptors (Lipinski definition) is 2. The van der Waals surface area contributed by atoms with Crippen LogP contribution in [0.5, 0.6) is 0 Å². The third kappa shape index (κ3) is 5.72. The molecule has 0 radical (unpaired) electrons. The molecule has 3 nitrogen and oxygen atoms in total. The van der Waals surface area contributed by atoms with E-state index in [1.807, 2.05) is 13.8 Å². The summed E-state index contributed by atoms with van der Waals surface area (Å²) < 4.78 is 0. The standard InChI is InChI=1S/C14H26N2O/c1-7-16(10-11(2)9-15)13(17)8-12(3)14(4,5)6/h11-12H,7-8,10H2,1-6H3. The van der Waals surface area contributed by atoms with Gasteiger partial charge in [0, 0.05) is 19.5 Å². The Bertz CT molecular complexity index is 286. The first kappa shape index (κ1) is 16.0. The molecule has 0 heterocycles. The van der Waals surface area contributed by atoms with E-state index in [4.69, 9.17) is 5.26 Å². The Hall–Kier alpha value is -1.04. The second-order valence-corrected chi connectivity index (χ2v) is 5.93. The predicted octanol–water partition coefficient (Wildman–Crippen LogP) is 3.07. The monoisotopic (exact) mass is 238 g/mol. The number of nitrogens with zero attached hydrogens (tertiary/aromatic N) is 2. The van der Waals surface area contributed by atoms with Crippen LogP contribution in [0.15, 0.2) is 0 Å². The third-order valence-corrected chi connectivity index (χ3v) is 3.41. The van der Waals surface area contributed by atoms with E-state index >= 15 is 0 Å². The van der Waals surface area contributed by atoms with Crippen LogP contribution in [0.4, 0.5) is 0 Å². The average molecular weight is 238 g/mol. The van der Waals surface area contributed by atoms with E-state index in [1.54, 1.807) is 4.90 Å². The fourth-order valence-electron chi connectivity index (χ4n) is 1.48. The van der Waals surface area contributed by atoms with Crippen LogP contribution < -0.4 is 0 Å². The summed E-state index contributed by atoms with van der Waals surface area (Å²) in [6, 6.07) is 2.17. The lowest BCUT2D eigenvalue weighted by Gasteiger charge is -2.30. The lowest BCUT2D eigenvalue weighted by Crippen LogP contribution is -2.36. The Labute approximate surface area is 106 Å². The van der Waals surface area contributed by atoms with Gasteiger partial charge < -0.3 is 4.90 Å². The lowest BCUT2D eigenvalue weighted by atomic mass is 9.80. The highest BCUT2D eigenvalue weighted by atomic mass is 16.2. The molecule has 98 valence electrons. The molecule has 2 atom stereocenters. The Morgan fingerprint density at radius 1 is 1.35 bits per heavy atom. The normalized spacial score (nSPS) is 14.9. The van der Waals surface area contributed by atoms with E-state index < -0.39 is 0 Å². The molecule has 17 heavy (non-hydrogen) atoms. The summed E-state index contributed by atoms with van der Waals surface area (Å²) in [6.45, 7) is 13.6. The van der Waals surface area contributed by atoms with Gasteiger partial charge in [0.2, 0.25) is 5.91 Å². The van der Waals surface area contributed by atoms with Crippen molar-refractivity contribution in [3.05, 3.63) is 0 Å². The van der Waals surface area contributed by atoms with E-state index in [9.17, 15) is 4.79 Å². The molecule has 0 N–H and O–H groups in total. The van der Waals surface area contributed by atoms with Gasteiger partial charge in [-0.15, -0.1) is 0 Å². The lowest BCUT2D eigenvalue weighted by molar-refractivity contribution is -0.133. The first-order valence-electron chi connectivity index (χ1n) is 6.39. The van der Waals surface area contributed by atoms with Crippen molar-refractivity contribution >= 4 is 5.91 Å². The van der Waals surface area contributed by atoms with Gasteiger partial charge in [0.05, 0.1) is 12.0 Å². The molecule has 0 rings (SSSR count). The van der Waals surface area contributed by atoms with Crippen LogP contribution in [0.1, 0.15) is 48.0 Å². The van der Waals surface area contributed by atoms with Gasteiger partial charge in [-0.05, 0) is 25.2 Å². The number of carbonyl (C=O) groups is 1. The summed E-state index contributed by atoms with van der Waals surface area (Å²) in [5.41, 5.74) is 0.149. The maximum absolute atomic E-state index is 12.1. The highest BCUT2D eigenvalue weighted by Gasteiger charge is 2.25. The summed E-state index contributed by atoms with van der Waals surface area (Å²) in [4.78, 5) is 13.9. The molecule has 0 bridgehead atoms. The Morgan fingerprint density at radius 3 is 2.24 bits per heavy atom. The molecule has 3 heteroatoms.